The Morgan fingerprint density at radius 1 is 0.974 bits per heavy atom. The van der Waals surface area contributed by atoms with Crippen LogP contribution >= 0.6 is 11.3 Å². The fourth-order valence-electron chi connectivity index (χ4n) is 4.94. The summed E-state index contributed by atoms with van der Waals surface area (Å²) in [5.41, 5.74) is 1.77. The van der Waals surface area contributed by atoms with Crippen LogP contribution in [0, 0.1) is 5.92 Å². The van der Waals surface area contributed by atoms with Gasteiger partial charge in [0.1, 0.15) is 20.6 Å². The van der Waals surface area contributed by atoms with E-state index in [1.54, 1.807) is 34.3 Å². The topological polar surface area (TPSA) is 110 Å². The number of benzene rings is 1. The molecule has 2 aliphatic rings. The van der Waals surface area contributed by atoms with Gasteiger partial charge in [-0.2, -0.15) is 0 Å². The second kappa shape index (κ2) is 11.6. The van der Waals surface area contributed by atoms with Gasteiger partial charge in [0.05, 0.1) is 23.2 Å². The van der Waals surface area contributed by atoms with Crippen molar-refractivity contribution in [2.75, 3.05) is 37.7 Å². The summed E-state index contributed by atoms with van der Waals surface area (Å²) >= 11 is 1.50. The van der Waals surface area contributed by atoms with Crippen molar-refractivity contribution >= 4 is 33.0 Å². The molecule has 4 heterocycles. The van der Waals surface area contributed by atoms with Crippen LogP contribution in [0.15, 0.2) is 60.2 Å². The van der Waals surface area contributed by atoms with Crippen LogP contribution in [0.2, 0.25) is 0 Å². The lowest BCUT2D eigenvalue weighted by Gasteiger charge is -2.29. The average Bonchev–Trinajstić information content (AvgIpc) is 3.32. The van der Waals surface area contributed by atoms with Crippen molar-refractivity contribution in [2.24, 2.45) is 5.92 Å². The van der Waals surface area contributed by atoms with E-state index in [0.717, 1.165) is 16.3 Å². The molecule has 5 rings (SSSR count). The third-order valence-electron chi connectivity index (χ3n) is 7.08. The van der Waals surface area contributed by atoms with E-state index in [4.69, 9.17) is 9.72 Å². The van der Waals surface area contributed by atoms with Gasteiger partial charge in [-0.3, -0.25) is 14.6 Å². The zero-order chi connectivity index (χ0) is 26.5. The molecule has 1 aromatic carbocycles. The zero-order valence-electron chi connectivity index (χ0n) is 20.9. The largest absolute Gasteiger partial charge is 0.484 e. The van der Waals surface area contributed by atoms with E-state index in [1.165, 1.54) is 11.3 Å². The van der Waals surface area contributed by atoms with Gasteiger partial charge in [-0.15, -0.1) is 11.3 Å². The average molecular weight is 555 g/mol. The number of nitrogens with zero attached hydrogens (tertiary/aromatic N) is 4. The Balaban J connectivity index is 1.34. The van der Waals surface area contributed by atoms with Crippen LogP contribution in [0.25, 0.3) is 11.3 Å². The van der Waals surface area contributed by atoms with Crippen molar-refractivity contribution in [1.82, 2.24) is 19.8 Å². The molecule has 1 atom stereocenters. The first-order valence-corrected chi connectivity index (χ1v) is 15.4. The molecule has 2 fully saturated rings. The molecule has 2 aromatic heterocycles. The molecule has 11 heteroatoms. The summed E-state index contributed by atoms with van der Waals surface area (Å²) in [5, 5.41) is 2.78. The molecular weight excluding hydrogens is 524 g/mol. The highest BCUT2D eigenvalue weighted by Gasteiger charge is 2.36. The molecule has 38 heavy (non-hydrogen) atoms. The Kier molecular flexibility index (Phi) is 8.04. The maximum Gasteiger partial charge on any atom is 0.261 e. The van der Waals surface area contributed by atoms with Gasteiger partial charge in [0.2, 0.25) is 5.91 Å². The number of hydrogen-bond acceptors (Lipinski definition) is 8. The van der Waals surface area contributed by atoms with Gasteiger partial charge < -0.3 is 14.5 Å². The number of carbonyl (C=O) groups excluding carboxylic acids is 2. The van der Waals surface area contributed by atoms with Crippen molar-refractivity contribution in [3.05, 3.63) is 65.2 Å². The van der Waals surface area contributed by atoms with E-state index in [9.17, 15) is 18.0 Å². The van der Waals surface area contributed by atoms with Crippen LogP contribution < -0.4 is 4.74 Å². The summed E-state index contributed by atoms with van der Waals surface area (Å²) in [6.45, 7) is 1.10. The van der Waals surface area contributed by atoms with Crippen LogP contribution in [-0.4, -0.2) is 77.7 Å². The number of sulfone groups is 1. The maximum atomic E-state index is 13.4. The van der Waals surface area contributed by atoms with Crippen LogP contribution in [0.3, 0.4) is 0 Å². The third-order valence-corrected chi connectivity index (χ3v) is 9.75. The Bertz CT molecular complexity index is 1350. The number of pyridine rings is 1. The molecule has 9 nitrogen and oxygen atoms in total. The Hall–Kier alpha value is -3.31. The van der Waals surface area contributed by atoms with Crippen LogP contribution in [0.5, 0.6) is 5.75 Å². The second-order valence-corrected chi connectivity index (χ2v) is 12.7. The second-order valence-electron chi connectivity index (χ2n) is 9.55. The standard InChI is InChI=1S/C27H30N4O5S2/c32-25(18-36-22-4-2-1-3-5-22)31-15-14-30(27(33)21-9-16-38(34,35)17-10-21)13-8-24(31)26-29-23(19-37-26)20-6-11-28-12-7-20/h1-7,11-12,19,21,24H,8-10,13-18H2. The lowest BCUT2D eigenvalue weighted by atomic mass is 10.0. The van der Waals surface area contributed by atoms with Gasteiger partial charge in [-0.05, 0) is 43.5 Å². The highest BCUT2D eigenvalue weighted by molar-refractivity contribution is 7.91. The van der Waals surface area contributed by atoms with Crippen LogP contribution in [0.1, 0.15) is 30.3 Å². The van der Waals surface area contributed by atoms with E-state index in [-0.39, 0.29) is 41.9 Å². The first-order valence-electron chi connectivity index (χ1n) is 12.7. The minimum absolute atomic E-state index is 0.0231. The number of rotatable bonds is 6. The normalized spacial score (nSPS) is 20.1. The quantitative estimate of drug-likeness (QED) is 0.460. The lowest BCUT2D eigenvalue weighted by Crippen LogP contribution is -2.43. The molecule has 2 aliphatic heterocycles. The summed E-state index contributed by atoms with van der Waals surface area (Å²) in [6, 6.07) is 12.7. The molecule has 2 amide bonds. The number of amides is 2. The van der Waals surface area contributed by atoms with Gasteiger partial charge >= 0.3 is 0 Å². The molecule has 0 bridgehead atoms. The number of hydrogen-bond donors (Lipinski definition) is 0. The van der Waals surface area contributed by atoms with E-state index < -0.39 is 9.84 Å². The van der Waals surface area contributed by atoms with Crippen molar-refractivity contribution in [2.45, 2.75) is 25.3 Å². The molecule has 0 N–H and O–H groups in total. The number of carbonyl (C=O) groups is 2. The molecule has 0 saturated carbocycles. The first-order chi connectivity index (χ1) is 18.4. The highest BCUT2D eigenvalue weighted by atomic mass is 32.2. The van der Waals surface area contributed by atoms with E-state index in [1.807, 2.05) is 35.7 Å². The summed E-state index contributed by atoms with van der Waals surface area (Å²) in [4.78, 5) is 39.2. The Morgan fingerprint density at radius 2 is 1.71 bits per heavy atom. The monoisotopic (exact) mass is 554 g/mol. The molecule has 0 radical (unpaired) electrons. The van der Waals surface area contributed by atoms with Gasteiger partial charge in [0.25, 0.3) is 5.91 Å². The number of thiazole rings is 1. The molecule has 0 aliphatic carbocycles. The summed E-state index contributed by atoms with van der Waals surface area (Å²) in [7, 11) is -3.05. The minimum Gasteiger partial charge on any atom is -0.484 e. The molecule has 0 spiro atoms. The Labute approximate surface area is 226 Å². The van der Waals surface area contributed by atoms with Crippen LogP contribution in [0.4, 0.5) is 0 Å². The summed E-state index contributed by atoms with van der Waals surface area (Å²) < 4.78 is 29.4. The molecular formula is C27H30N4O5S2. The van der Waals surface area contributed by atoms with E-state index >= 15 is 0 Å². The van der Waals surface area contributed by atoms with E-state index in [0.29, 0.717) is 44.6 Å². The first kappa shape index (κ1) is 26.3. The van der Waals surface area contributed by atoms with Gasteiger partial charge in [0, 0.05) is 48.9 Å². The van der Waals surface area contributed by atoms with Crippen molar-refractivity contribution in [1.29, 1.82) is 0 Å². The fraction of sp³-hybridized carbons (Fsp3) is 0.407. The zero-order valence-corrected chi connectivity index (χ0v) is 22.6. The predicted molar refractivity (Wildman–Crippen MR) is 144 cm³/mol. The van der Waals surface area contributed by atoms with Crippen molar-refractivity contribution < 1.29 is 22.7 Å². The smallest absolute Gasteiger partial charge is 0.261 e. The Morgan fingerprint density at radius 3 is 2.45 bits per heavy atom. The minimum atomic E-state index is -3.05. The van der Waals surface area contributed by atoms with Gasteiger partial charge in [-0.25, -0.2) is 13.4 Å². The van der Waals surface area contributed by atoms with Crippen molar-refractivity contribution in [3.63, 3.8) is 0 Å². The maximum absolute atomic E-state index is 13.4. The lowest BCUT2D eigenvalue weighted by molar-refractivity contribution is -0.138. The van der Waals surface area contributed by atoms with Gasteiger partial charge in [0.15, 0.2) is 6.61 Å². The predicted octanol–water partition coefficient (Wildman–Crippen LogP) is 3.21. The molecule has 2 saturated heterocycles. The molecule has 3 aromatic rings. The number of aromatic nitrogens is 2. The van der Waals surface area contributed by atoms with Crippen molar-refractivity contribution in [3.8, 4) is 17.0 Å². The van der Waals surface area contributed by atoms with E-state index in [2.05, 4.69) is 4.98 Å². The molecule has 1 unspecified atom stereocenters. The molecule has 200 valence electrons. The fourth-order valence-corrected chi connectivity index (χ4v) is 7.41. The summed E-state index contributed by atoms with van der Waals surface area (Å²) in [5.74, 6) is 0.239. The van der Waals surface area contributed by atoms with Gasteiger partial charge in [-0.1, -0.05) is 18.2 Å². The van der Waals surface area contributed by atoms with Crippen LogP contribution in [-0.2, 0) is 19.4 Å². The number of ether oxygens (including phenoxy) is 1. The SMILES string of the molecule is O=C(C1CCS(=O)(=O)CC1)N1CCC(c2nc(-c3ccncc3)cs2)N(C(=O)COc2ccccc2)CC1. The summed E-state index contributed by atoms with van der Waals surface area (Å²) in [6.07, 6.45) is 4.69. The number of para-hydroxylation sites is 1. The third kappa shape index (κ3) is 6.21. The highest BCUT2D eigenvalue weighted by Crippen LogP contribution is 2.33.